The third kappa shape index (κ3) is 4.84. The van der Waals surface area contributed by atoms with Crippen molar-refractivity contribution in [2.45, 2.75) is 11.3 Å². The molecule has 1 fully saturated rings. The van der Waals surface area contributed by atoms with Crippen LogP contribution in [0.4, 0.5) is 17.1 Å². The number of carbonyl (C=O) groups is 2. The molecule has 192 valence electrons. The number of aryl methyl sites for hydroxylation is 1. The van der Waals surface area contributed by atoms with Gasteiger partial charge in [0.1, 0.15) is 0 Å². The molecule has 1 N–H and O–H groups in total. The molecule has 4 aromatic carbocycles. The molecule has 0 saturated carbocycles. The molecule has 39 heavy (non-hydrogen) atoms. The molecule has 8 heteroatoms. The zero-order chi connectivity index (χ0) is 26.8. The van der Waals surface area contributed by atoms with Crippen LogP contribution >= 0.6 is 23.5 Å². The van der Waals surface area contributed by atoms with E-state index in [0.29, 0.717) is 10.6 Å². The van der Waals surface area contributed by atoms with Crippen molar-refractivity contribution >= 4 is 63.5 Å². The van der Waals surface area contributed by atoms with Crippen LogP contribution in [0.15, 0.2) is 125 Å². The number of hydrazone groups is 1. The van der Waals surface area contributed by atoms with Gasteiger partial charge >= 0.3 is 0 Å². The molecule has 1 unspecified atom stereocenters. The molecule has 2 heterocycles. The third-order valence-corrected chi connectivity index (χ3v) is 8.96. The van der Waals surface area contributed by atoms with E-state index in [0.717, 1.165) is 22.5 Å². The first-order chi connectivity index (χ1) is 19.0. The number of carbonyl (C=O) groups excluding carboxylic acids is 2. The fourth-order valence-electron chi connectivity index (χ4n) is 4.37. The summed E-state index contributed by atoms with van der Waals surface area (Å²) in [6.45, 7) is 2.03. The first kappa shape index (κ1) is 25.0. The lowest BCUT2D eigenvalue weighted by molar-refractivity contribution is -0.114. The molecular weight excluding hydrogens is 525 g/mol. The first-order valence-electron chi connectivity index (χ1n) is 12.4. The summed E-state index contributed by atoms with van der Waals surface area (Å²) in [7, 11) is 0. The Labute approximate surface area is 235 Å². The molecule has 1 atom stereocenters. The second-order valence-corrected chi connectivity index (χ2v) is 11.7. The minimum absolute atomic E-state index is 0.153. The van der Waals surface area contributed by atoms with E-state index in [2.05, 4.69) is 5.32 Å². The number of rotatable bonds is 5. The fourth-order valence-corrected chi connectivity index (χ4v) is 7.25. The lowest BCUT2D eigenvalue weighted by atomic mass is 10.1. The van der Waals surface area contributed by atoms with Gasteiger partial charge < -0.3 is 5.32 Å². The summed E-state index contributed by atoms with van der Waals surface area (Å²) in [6, 6.07) is 36.5. The molecule has 2 amide bonds. The normalized spacial score (nSPS) is 19.6. The van der Waals surface area contributed by atoms with Crippen LogP contribution in [0.5, 0.6) is 0 Å². The lowest BCUT2D eigenvalue weighted by Gasteiger charge is -2.38. The minimum Gasteiger partial charge on any atom is -0.320 e. The van der Waals surface area contributed by atoms with Crippen molar-refractivity contribution in [3.63, 3.8) is 0 Å². The van der Waals surface area contributed by atoms with Gasteiger partial charge in [-0.3, -0.25) is 14.5 Å². The van der Waals surface area contributed by atoms with E-state index in [1.807, 2.05) is 128 Å². The van der Waals surface area contributed by atoms with Crippen molar-refractivity contribution in [2.75, 3.05) is 15.2 Å². The average molecular weight is 549 g/mol. The number of anilines is 3. The first-order valence-corrected chi connectivity index (χ1v) is 14.0. The number of nitrogens with one attached hydrogen (secondary N) is 1. The van der Waals surface area contributed by atoms with Gasteiger partial charge in [-0.15, -0.1) is 0 Å². The van der Waals surface area contributed by atoms with E-state index >= 15 is 0 Å². The summed E-state index contributed by atoms with van der Waals surface area (Å²) in [5.41, 5.74) is 4.24. The van der Waals surface area contributed by atoms with Gasteiger partial charge in [0.2, 0.25) is 4.33 Å². The topological polar surface area (TPSA) is 65.0 Å². The summed E-state index contributed by atoms with van der Waals surface area (Å²) < 4.78 is -1.08. The van der Waals surface area contributed by atoms with Gasteiger partial charge in [-0.2, -0.15) is 5.10 Å². The highest BCUT2D eigenvalue weighted by Gasteiger charge is 2.60. The molecule has 0 radical (unpaired) electrons. The van der Waals surface area contributed by atoms with Crippen LogP contribution in [0, 0.1) is 6.92 Å². The van der Waals surface area contributed by atoms with Crippen LogP contribution in [0.2, 0.25) is 0 Å². The van der Waals surface area contributed by atoms with Crippen LogP contribution in [0.1, 0.15) is 11.1 Å². The molecule has 2 aliphatic rings. The molecular formula is C31H24N4O2S2. The van der Waals surface area contributed by atoms with E-state index < -0.39 is 4.33 Å². The van der Waals surface area contributed by atoms with Crippen molar-refractivity contribution in [1.82, 2.24) is 0 Å². The number of hydrogen-bond donors (Lipinski definition) is 1. The van der Waals surface area contributed by atoms with E-state index in [1.54, 1.807) is 9.91 Å². The van der Waals surface area contributed by atoms with Crippen LogP contribution in [0.25, 0.3) is 6.08 Å². The third-order valence-electron chi connectivity index (χ3n) is 6.24. The summed E-state index contributed by atoms with van der Waals surface area (Å²) in [5, 5.41) is 9.80. The molecule has 1 spiro atoms. The fraction of sp³-hybridized carbons (Fsp3) is 0.0645. The summed E-state index contributed by atoms with van der Waals surface area (Å²) >= 11 is 2.66. The van der Waals surface area contributed by atoms with Gasteiger partial charge in [-0.1, -0.05) is 96.2 Å². The van der Waals surface area contributed by atoms with Gasteiger partial charge in [-0.25, -0.2) is 5.01 Å². The zero-order valence-corrected chi connectivity index (χ0v) is 22.7. The molecule has 4 aromatic rings. The summed E-state index contributed by atoms with van der Waals surface area (Å²) in [6.07, 6.45) is 1.91. The van der Waals surface area contributed by atoms with E-state index in [9.17, 15) is 9.59 Å². The van der Waals surface area contributed by atoms with Crippen molar-refractivity contribution in [1.29, 1.82) is 0 Å². The maximum atomic E-state index is 14.1. The van der Waals surface area contributed by atoms with Crippen LogP contribution in [0.3, 0.4) is 0 Å². The SMILES string of the molecule is Cc1ccc(C=C2SC3(SC(C(=O)Nc4ccccc4)=NN3c3ccccc3)N(c3ccccc3)C2=O)cc1. The predicted molar refractivity (Wildman–Crippen MR) is 162 cm³/mol. The Balaban J connectivity index is 1.46. The Kier molecular flexibility index (Phi) is 6.72. The number of nitrogens with zero attached hydrogens (tertiary/aromatic N) is 3. The Morgan fingerprint density at radius 2 is 1.38 bits per heavy atom. The summed E-state index contributed by atoms with van der Waals surface area (Å²) in [4.78, 5) is 29.9. The van der Waals surface area contributed by atoms with Crippen LogP contribution in [-0.2, 0) is 9.59 Å². The largest absolute Gasteiger partial charge is 0.320 e. The number of para-hydroxylation sites is 3. The molecule has 2 aliphatic heterocycles. The second-order valence-electron chi connectivity index (χ2n) is 9.02. The molecule has 1 saturated heterocycles. The maximum Gasteiger partial charge on any atom is 0.282 e. The Morgan fingerprint density at radius 1 is 0.795 bits per heavy atom. The average Bonchev–Trinajstić information content (AvgIpc) is 3.48. The van der Waals surface area contributed by atoms with Crippen LogP contribution in [-0.4, -0.2) is 21.2 Å². The molecule has 6 nitrogen and oxygen atoms in total. The van der Waals surface area contributed by atoms with E-state index in [4.69, 9.17) is 5.10 Å². The Hall–Kier alpha value is -4.27. The molecule has 0 aliphatic carbocycles. The van der Waals surface area contributed by atoms with Crippen molar-refractivity contribution in [2.24, 2.45) is 5.10 Å². The zero-order valence-electron chi connectivity index (χ0n) is 21.0. The molecule has 0 aromatic heterocycles. The molecule has 0 bridgehead atoms. The number of thioether (sulfide) groups is 2. The predicted octanol–water partition coefficient (Wildman–Crippen LogP) is 6.93. The van der Waals surface area contributed by atoms with Gasteiger partial charge in [0.25, 0.3) is 11.8 Å². The smallest absolute Gasteiger partial charge is 0.282 e. The lowest BCUT2D eigenvalue weighted by Crippen LogP contribution is -2.51. The van der Waals surface area contributed by atoms with Gasteiger partial charge in [-0.05, 0) is 66.7 Å². The maximum absolute atomic E-state index is 14.1. The van der Waals surface area contributed by atoms with Crippen molar-refractivity contribution in [3.8, 4) is 0 Å². The number of hydrogen-bond acceptors (Lipinski definition) is 6. The second kappa shape index (κ2) is 10.5. The number of amides is 2. The van der Waals surface area contributed by atoms with Crippen molar-refractivity contribution < 1.29 is 9.59 Å². The summed E-state index contributed by atoms with van der Waals surface area (Å²) in [5.74, 6) is -0.485. The van der Waals surface area contributed by atoms with Crippen molar-refractivity contribution in [3.05, 3.63) is 131 Å². The Bertz CT molecular complexity index is 1580. The quantitative estimate of drug-likeness (QED) is 0.274. The van der Waals surface area contributed by atoms with Crippen LogP contribution < -0.4 is 15.2 Å². The van der Waals surface area contributed by atoms with Gasteiger partial charge in [0.05, 0.1) is 10.6 Å². The highest BCUT2D eigenvalue weighted by Crippen LogP contribution is 2.59. The monoisotopic (exact) mass is 548 g/mol. The molecule has 6 rings (SSSR count). The van der Waals surface area contributed by atoms with Gasteiger partial charge in [0.15, 0.2) is 5.04 Å². The highest BCUT2D eigenvalue weighted by atomic mass is 32.2. The van der Waals surface area contributed by atoms with E-state index in [-0.39, 0.29) is 16.9 Å². The van der Waals surface area contributed by atoms with Gasteiger partial charge in [0, 0.05) is 11.4 Å². The Morgan fingerprint density at radius 3 is 2.03 bits per heavy atom. The minimum atomic E-state index is -1.08. The number of benzene rings is 4. The van der Waals surface area contributed by atoms with E-state index in [1.165, 1.54) is 23.5 Å². The standard InChI is InChI=1S/C31H24N4O2S2/c1-22-17-19-23(20-18-22)21-27-30(37)34(25-13-7-3-8-14-25)31(38-27)35(26-15-9-4-10-16-26)33-29(39-31)28(36)32-24-11-5-2-6-12-24/h2-21H,1H3,(H,32,36). The highest BCUT2D eigenvalue weighted by molar-refractivity contribution is 8.29.